The van der Waals surface area contributed by atoms with E-state index in [2.05, 4.69) is 9.97 Å². The van der Waals surface area contributed by atoms with Crippen molar-refractivity contribution >= 4 is 16.9 Å². The van der Waals surface area contributed by atoms with Crippen molar-refractivity contribution in [1.82, 2.24) is 14.5 Å². The molecule has 0 aliphatic carbocycles. The molecule has 0 saturated carbocycles. The Morgan fingerprint density at radius 3 is 2.61 bits per heavy atom. The number of carboxylic acids is 1. The summed E-state index contributed by atoms with van der Waals surface area (Å²) in [5, 5.41) is 9.90. The van der Waals surface area contributed by atoms with E-state index in [9.17, 15) is 9.90 Å². The van der Waals surface area contributed by atoms with Crippen molar-refractivity contribution in [3.63, 3.8) is 0 Å². The van der Waals surface area contributed by atoms with Gasteiger partial charge in [0.15, 0.2) is 0 Å². The standard InChI is InChI=1S/C13H9N3O2/c17-13(18)11-7-16(9-5-14-8-15-6-9)12-4-2-1-3-10(11)12/h1-8H,(H,17,18). The number of hydrogen-bond donors (Lipinski definition) is 1. The highest BCUT2D eigenvalue weighted by molar-refractivity contribution is 6.03. The lowest BCUT2D eigenvalue weighted by Crippen LogP contribution is -1.95. The second kappa shape index (κ2) is 3.96. The van der Waals surface area contributed by atoms with E-state index in [1.54, 1.807) is 29.2 Å². The van der Waals surface area contributed by atoms with Gasteiger partial charge < -0.3 is 9.67 Å². The SMILES string of the molecule is O=C(O)c1cn(-c2cncnc2)c2ccccc12. The Morgan fingerprint density at radius 1 is 1.17 bits per heavy atom. The topological polar surface area (TPSA) is 68.0 Å². The summed E-state index contributed by atoms with van der Waals surface area (Å²) >= 11 is 0. The molecule has 3 rings (SSSR count). The molecule has 3 aromatic rings. The molecular formula is C13H9N3O2. The number of benzene rings is 1. The maximum atomic E-state index is 11.2. The van der Waals surface area contributed by atoms with Crippen LogP contribution in [0.3, 0.4) is 0 Å². The van der Waals surface area contributed by atoms with Gasteiger partial charge in [-0.2, -0.15) is 0 Å². The second-order valence-electron chi connectivity index (χ2n) is 3.83. The van der Waals surface area contributed by atoms with Crippen molar-refractivity contribution < 1.29 is 9.90 Å². The van der Waals surface area contributed by atoms with E-state index >= 15 is 0 Å². The third-order valence-corrected chi connectivity index (χ3v) is 2.77. The molecule has 18 heavy (non-hydrogen) atoms. The zero-order valence-electron chi connectivity index (χ0n) is 9.32. The zero-order valence-corrected chi connectivity index (χ0v) is 9.32. The fourth-order valence-electron chi connectivity index (χ4n) is 1.98. The van der Waals surface area contributed by atoms with Crippen LogP contribution >= 0.6 is 0 Å². The Kier molecular flexibility index (Phi) is 2.30. The van der Waals surface area contributed by atoms with Crippen LogP contribution < -0.4 is 0 Å². The van der Waals surface area contributed by atoms with Gasteiger partial charge in [-0.05, 0) is 6.07 Å². The molecule has 1 N–H and O–H groups in total. The minimum Gasteiger partial charge on any atom is -0.478 e. The summed E-state index contributed by atoms with van der Waals surface area (Å²) < 4.78 is 1.78. The largest absolute Gasteiger partial charge is 0.478 e. The van der Waals surface area contributed by atoms with Gasteiger partial charge in [-0.3, -0.25) is 0 Å². The van der Waals surface area contributed by atoms with Crippen LogP contribution in [0.15, 0.2) is 49.2 Å². The molecule has 0 amide bonds. The van der Waals surface area contributed by atoms with E-state index in [1.807, 2.05) is 18.2 Å². The van der Waals surface area contributed by atoms with Gasteiger partial charge in [0.2, 0.25) is 0 Å². The van der Waals surface area contributed by atoms with E-state index in [0.717, 1.165) is 11.2 Å². The van der Waals surface area contributed by atoms with Crippen molar-refractivity contribution in [2.24, 2.45) is 0 Å². The lowest BCUT2D eigenvalue weighted by molar-refractivity contribution is 0.0699. The Labute approximate surface area is 102 Å². The summed E-state index contributed by atoms with van der Waals surface area (Å²) in [6.07, 6.45) is 6.31. The summed E-state index contributed by atoms with van der Waals surface area (Å²) in [5.74, 6) is -0.943. The van der Waals surface area contributed by atoms with Crippen LogP contribution in [0.4, 0.5) is 0 Å². The van der Waals surface area contributed by atoms with Gasteiger partial charge in [0, 0.05) is 11.6 Å². The van der Waals surface area contributed by atoms with Crippen LogP contribution in [0.1, 0.15) is 10.4 Å². The average molecular weight is 239 g/mol. The number of para-hydroxylation sites is 1. The molecule has 2 aromatic heterocycles. The van der Waals surface area contributed by atoms with E-state index in [1.165, 1.54) is 6.33 Å². The number of carboxylic acid groups (broad SMARTS) is 1. The third-order valence-electron chi connectivity index (χ3n) is 2.77. The van der Waals surface area contributed by atoms with Crippen molar-refractivity contribution in [2.45, 2.75) is 0 Å². The first-order valence-corrected chi connectivity index (χ1v) is 5.36. The van der Waals surface area contributed by atoms with Gasteiger partial charge in [0.1, 0.15) is 6.33 Å². The lowest BCUT2D eigenvalue weighted by Gasteiger charge is -2.02. The molecule has 2 heterocycles. The summed E-state index contributed by atoms with van der Waals surface area (Å²) in [4.78, 5) is 19.1. The molecule has 0 bridgehead atoms. The summed E-state index contributed by atoms with van der Waals surface area (Å²) in [6.45, 7) is 0. The molecule has 0 fully saturated rings. The maximum Gasteiger partial charge on any atom is 0.337 e. The highest BCUT2D eigenvalue weighted by Gasteiger charge is 2.14. The van der Waals surface area contributed by atoms with Crippen molar-refractivity contribution in [3.05, 3.63) is 54.7 Å². The Morgan fingerprint density at radius 2 is 1.89 bits per heavy atom. The fourth-order valence-corrected chi connectivity index (χ4v) is 1.98. The zero-order chi connectivity index (χ0) is 12.5. The molecule has 0 spiro atoms. The fraction of sp³-hybridized carbons (Fsp3) is 0. The first-order valence-electron chi connectivity index (χ1n) is 5.36. The Hall–Kier alpha value is -2.69. The predicted octanol–water partition coefficient (Wildman–Crippen LogP) is 2.12. The van der Waals surface area contributed by atoms with Crippen LogP contribution in [0.25, 0.3) is 16.6 Å². The minimum absolute atomic E-state index is 0.273. The molecule has 88 valence electrons. The molecular weight excluding hydrogens is 230 g/mol. The number of aromatic nitrogens is 3. The number of nitrogens with zero attached hydrogens (tertiary/aromatic N) is 3. The van der Waals surface area contributed by atoms with Crippen LogP contribution in [0.5, 0.6) is 0 Å². The quantitative estimate of drug-likeness (QED) is 0.743. The third kappa shape index (κ3) is 1.53. The van der Waals surface area contributed by atoms with E-state index < -0.39 is 5.97 Å². The van der Waals surface area contributed by atoms with Gasteiger partial charge in [0.25, 0.3) is 0 Å². The van der Waals surface area contributed by atoms with E-state index in [4.69, 9.17) is 0 Å². The summed E-state index contributed by atoms with van der Waals surface area (Å²) in [5.41, 5.74) is 1.83. The van der Waals surface area contributed by atoms with Crippen molar-refractivity contribution in [3.8, 4) is 5.69 Å². The minimum atomic E-state index is -0.943. The molecule has 0 radical (unpaired) electrons. The number of aromatic carboxylic acids is 1. The highest BCUT2D eigenvalue weighted by atomic mass is 16.4. The molecule has 5 nitrogen and oxygen atoms in total. The first-order chi connectivity index (χ1) is 8.77. The number of fused-ring (bicyclic) bond motifs is 1. The summed E-state index contributed by atoms with van der Waals surface area (Å²) in [7, 11) is 0. The molecule has 0 unspecified atom stereocenters. The Bertz CT molecular complexity index is 719. The Balaban J connectivity index is 2.34. The maximum absolute atomic E-state index is 11.2. The summed E-state index contributed by atoms with van der Waals surface area (Å²) in [6, 6.07) is 7.35. The van der Waals surface area contributed by atoms with Gasteiger partial charge in [-0.1, -0.05) is 18.2 Å². The van der Waals surface area contributed by atoms with Crippen LogP contribution in [0, 0.1) is 0 Å². The molecule has 1 aromatic carbocycles. The molecule has 0 saturated heterocycles. The average Bonchev–Trinajstić information content (AvgIpc) is 2.79. The first kappa shape index (κ1) is 10.5. The van der Waals surface area contributed by atoms with Crippen LogP contribution in [0.2, 0.25) is 0 Å². The molecule has 0 atom stereocenters. The van der Waals surface area contributed by atoms with E-state index in [-0.39, 0.29) is 5.56 Å². The number of carbonyl (C=O) groups is 1. The van der Waals surface area contributed by atoms with E-state index in [0.29, 0.717) is 5.39 Å². The molecule has 0 aliphatic rings. The normalized spacial score (nSPS) is 10.7. The van der Waals surface area contributed by atoms with Crippen molar-refractivity contribution in [2.75, 3.05) is 0 Å². The van der Waals surface area contributed by atoms with Crippen molar-refractivity contribution in [1.29, 1.82) is 0 Å². The molecule has 5 heteroatoms. The number of hydrogen-bond acceptors (Lipinski definition) is 3. The highest BCUT2D eigenvalue weighted by Crippen LogP contribution is 2.24. The van der Waals surface area contributed by atoms with Crippen LogP contribution in [-0.4, -0.2) is 25.6 Å². The lowest BCUT2D eigenvalue weighted by atomic mass is 10.2. The van der Waals surface area contributed by atoms with Gasteiger partial charge in [-0.15, -0.1) is 0 Å². The number of rotatable bonds is 2. The van der Waals surface area contributed by atoms with Gasteiger partial charge in [0.05, 0.1) is 29.2 Å². The monoisotopic (exact) mass is 239 g/mol. The van der Waals surface area contributed by atoms with Crippen LogP contribution in [-0.2, 0) is 0 Å². The van der Waals surface area contributed by atoms with Gasteiger partial charge >= 0.3 is 5.97 Å². The second-order valence-corrected chi connectivity index (χ2v) is 3.83. The predicted molar refractivity (Wildman–Crippen MR) is 65.8 cm³/mol. The van der Waals surface area contributed by atoms with Gasteiger partial charge in [-0.25, -0.2) is 14.8 Å². The smallest absolute Gasteiger partial charge is 0.337 e. The molecule has 0 aliphatic heterocycles.